The molecule has 3 unspecified atom stereocenters. The first-order chi connectivity index (χ1) is 38.0. The molecule has 0 heterocycles. The molecule has 1 amide bonds. The molecule has 0 radical (unpaired) electrons. The van der Waals surface area contributed by atoms with E-state index in [9.17, 15) is 19.4 Å². The van der Waals surface area contributed by atoms with Gasteiger partial charge in [0, 0.05) is 6.42 Å². The zero-order valence-corrected chi connectivity index (χ0v) is 54.0. The second-order valence-corrected chi connectivity index (χ2v) is 26.7. The largest absolute Gasteiger partial charge is 0.756 e. The van der Waals surface area contributed by atoms with Crippen LogP contribution in [0.15, 0.2) is 24.3 Å². The number of rotatable bonds is 65. The third-order valence-corrected chi connectivity index (χ3v) is 17.1. The van der Waals surface area contributed by atoms with Crippen LogP contribution < -0.4 is 10.2 Å². The van der Waals surface area contributed by atoms with Crippen molar-refractivity contribution in [1.82, 2.24) is 5.32 Å². The Morgan fingerprint density at radius 1 is 0.436 bits per heavy atom. The summed E-state index contributed by atoms with van der Waals surface area (Å²) in [6.45, 7) is 4.71. The fraction of sp³-hybridized carbons (Fsp3) is 0.928. The van der Waals surface area contributed by atoms with Crippen molar-refractivity contribution < 1.29 is 32.9 Å². The van der Waals surface area contributed by atoms with Gasteiger partial charge in [0.05, 0.1) is 39.9 Å². The SMILES string of the molecule is CCCCCCCCCCCCCCCC/C=C\CCCCCCCCCCCCCCCCCCCC(=O)NC(COP(=O)([O-])OCC[N+](C)(C)C)C(O)/C=C/CCCCCCCCCCCCCCCCCCCCC. The summed E-state index contributed by atoms with van der Waals surface area (Å²) < 4.78 is 23.4. The number of aliphatic hydroxyl groups is 1. The molecule has 0 spiro atoms. The van der Waals surface area contributed by atoms with Gasteiger partial charge in [0.1, 0.15) is 13.2 Å². The molecule has 0 saturated heterocycles. The van der Waals surface area contributed by atoms with Gasteiger partial charge in [0.25, 0.3) is 7.82 Å². The van der Waals surface area contributed by atoms with E-state index >= 15 is 0 Å². The summed E-state index contributed by atoms with van der Waals surface area (Å²) in [6, 6.07) is -0.885. The number of aliphatic hydroxyl groups excluding tert-OH is 1. The number of unbranched alkanes of at least 4 members (excludes halogenated alkanes) is 50. The molecule has 0 saturated carbocycles. The smallest absolute Gasteiger partial charge is 0.268 e. The van der Waals surface area contributed by atoms with E-state index in [0.717, 1.165) is 38.5 Å². The number of phosphoric acid groups is 1. The fourth-order valence-corrected chi connectivity index (χ4v) is 11.5. The highest BCUT2D eigenvalue weighted by molar-refractivity contribution is 7.45. The number of phosphoric ester groups is 1. The molecule has 2 N–H and O–H groups in total. The van der Waals surface area contributed by atoms with Gasteiger partial charge in [-0.3, -0.25) is 9.36 Å². The van der Waals surface area contributed by atoms with Crippen LogP contribution in [0.4, 0.5) is 0 Å². The van der Waals surface area contributed by atoms with E-state index in [0.29, 0.717) is 17.4 Å². The fourth-order valence-electron chi connectivity index (χ4n) is 10.7. The standard InChI is InChI=1S/C69H137N2O6P/c1-6-8-10-12-14-16-18-20-22-24-26-28-29-30-31-32-33-34-35-36-37-38-39-40-41-43-45-47-49-51-53-55-57-59-61-63-69(73)70-67(66-77-78(74,75)76-65-64-71(3,4)5)68(72)62-60-58-56-54-52-50-48-46-44-42-27-25-23-21-19-17-15-13-11-9-7-2/h32-33,60,62,67-68,72H,6-31,34-59,61,63-66H2,1-5H3,(H-,70,73,74,75)/b33-32-,62-60+. The number of nitrogens with one attached hydrogen (secondary N) is 1. The molecule has 3 atom stereocenters. The third-order valence-electron chi connectivity index (χ3n) is 16.2. The lowest BCUT2D eigenvalue weighted by atomic mass is 10.0. The molecule has 78 heavy (non-hydrogen) atoms. The van der Waals surface area contributed by atoms with Gasteiger partial charge in [-0.15, -0.1) is 0 Å². The van der Waals surface area contributed by atoms with Crippen LogP contribution in [0.25, 0.3) is 0 Å². The number of likely N-dealkylation sites (N-methyl/N-ethyl adjacent to an activating group) is 1. The summed E-state index contributed by atoms with van der Waals surface area (Å²) in [6.07, 6.45) is 78.7. The molecule has 0 aliphatic carbocycles. The lowest BCUT2D eigenvalue weighted by Gasteiger charge is -2.29. The Labute approximate surface area is 487 Å². The highest BCUT2D eigenvalue weighted by Gasteiger charge is 2.23. The Morgan fingerprint density at radius 2 is 0.705 bits per heavy atom. The molecule has 0 rings (SSSR count). The van der Waals surface area contributed by atoms with Crippen LogP contribution in [-0.2, 0) is 18.4 Å². The predicted octanol–water partition coefficient (Wildman–Crippen LogP) is 21.3. The maximum absolute atomic E-state index is 13.0. The zero-order chi connectivity index (χ0) is 57.0. The van der Waals surface area contributed by atoms with Gasteiger partial charge in [0.15, 0.2) is 0 Å². The summed E-state index contributed by atoms with van der Waals surface area (Å²) in [4.78, 5) is 25.6. The molecule has 8 nitrogen and oxygen atoms in total. The number of carbonyl (C=O) groups is 1. The van der Waals surface area contributed by atoms with Crippen molar-refractivity contribution in [3.05, 3.63) is 24.3 Å². The first-order valence-corrected chi connectivity index (χ1v) is 36.2. The second kappa shape index (κ2) is 60.6. The number of nitrogens with zero attached hydrogens (tertiary/aromatic N) is 1. The quantitative estimate of drug-likeness (QED) is 0.0272. The lowest BCUT2D eigenvalue weighted by molar-refractivity contribution is -0.870. The second-order valence-electron chi connectivity index (χ2n) is 25.2. The van der Waals surface area contributed by atoms with Gasteiger partial charge >= 0.3 is 0 Å². The summed E-state index contributed by atoms with van der Waals surface area (Å²) in [7, 11) is 1.28. The summed E-state index contributed by atoms with van der Waals surface area (Å²) in [5.41, 5.74) is 0. The van der Waals surface area contributed by atoms with Crippen LogP contribution in [0.1, 0.15) is 361 Å². The van der Waals surface area contributed by atoms with E-state index in [1.54, 1.807) is 6.08 Å². The molecule has 0 bridgehead atoms. The van der Waals surface area contributed by atoms with E-state index in [-0.39, 0.29) is 19.1 Å². The van der Waals surface area contributed by atoms with Crippen LogP contribution in [-0.4, -0.2) is 68.5 Å². The number of hydrogen-bond donors (Lipinski definition) is 2. The average molecular weight is 1120 g/mol. The molecule has 0 aromatic heterocycles. The van der Waals surface area contributed by atoms with E-state index < -0.39 is 20.0 Å². The topological polar surface area (TPSA) is 108 Å². The maximum atomic E-state index is 13.0. The number of quaternary nitrogens is 1. The van der Waals surface area contributed by atoms with Crippen LogP contribution >= 0.6 is 7.82 Å². The first kappa shape index (κ1) is 77.0. The van der Waals surface area contributed by atoms with E-state index in [2.05, 4.69) is 31.3 Å². The minimum absolute atomic E-state index is 0.00170. The Bertz CT molecular complexity index is 1320. The van der Waals surface area contributed by atoms with Crippen molar-refractivity contribution in [3.63, 3.8) is 0 Å². The number of amides is 1. The molecule has 0 aliphatic heterocycles. The molecule has 0 aromatic carbocycles. The van der Waals surface area contributed by atoms with Crippen LogP contribution in [0, 0.1) is 0 Å². The Hall–Kier alpha value is -1.02. The van der Waals surface area contributed by atoms with Crippen molar-refractivity contribution >= 4 is 13.7 Å². The zero-order valence-electron chi connectivity index (χ0n) is 53.2. The third kappa shape index (κ3) is 62.6. The first-order valence-electron chi connectivity index (χ1n) is 34.7. The predicted molar refractivity (Wildman–Crippen MR) is 339 cm³/mol. The van der Waals surface area contributed by atoms with Gasteiger partial charge in [-0.05, 0) is 44.9 Å². The lowest BCUT2D eigenvalue weighted by Crippen LogP contribution is -2.45. The normalized spacial score (nSPS) is 13.8. The Morgan fingerprint density at radius 3 is 1.00 bits per heavy atom. The average Bonchev–Trinajstić information content (AvgIpc) is 3.41. The molecule has 0 aliphatic rings. The summed E-state index contributed by atoms with van der Waals surface area (Å²) in [5.74, 6) is -0.190. The highest BCUT2D eigenvalue weighted by atomic mass is 31.2. The van der Waals surface area contributed by atoms with Gasteiger partial charge in [0.2, 0.25) is 5.91 Å². The highest BCUT2D eigenvalue weighted by Crippen LogP contribution is 2.38. The molecule has 9 heteroatoms. The monoisotopic (exact) mass is 1120 g/mol. The maximum Gasteiger partial charge on any atom is 0.268 e. The van der Waals surface area contributed by atoms with E-state index in [1.165, 1.54) is 302 Å². The van der Waals surface area contributed by atoms with Crippen molar-refractivity contribution in [2.75, 3.05) is 40.9 Å². The van der Waals surface area contributed by atoms with Crippen molar-refractivity contribution in [2.45, 2.75) is 373 Å². The van der Waals surface area contributed by atoms with Crippen molar-refractivity contribution in [2.24, 2.45) is 0 Å². The number of hydrogen-bond acceptors (Lipinski definition) is 6. The van der Waals surface area contributed by atoms with E-state index in [1.807, 2.05) is 27.2 Å². The molecule has 464 valence electrons. The summed E-state index contributed by atoms with van der Waals surface area (Å²) >= 11 is 0. The molecular formula is C69H137N2O6P. The number of allylic oxidation sites excluding steroid dienone is 3. The molecular weight excluding hydrogens is 984 g/mol. The Kier molecular flexibility index (Phi) is 59.8. The Balaban J connectivity index is 3.99. The molecule has 0 aromatic rings. The van der Waals surface area contributed by atoms with Gasteiger partial charge in [-0.25, -0.2) is 0 Å². The van der Waals surface area contributed by atoms with Gasteiger partial charge in [-0.1, -0.05) is 334 Å². The van der Waals surface area contributed by atoms with E-state index in [4.69, 9.17) is 9.05 Å². The van der Waals surface area contributed by atoms with Crippen molar-refractivity contribution in [1.29, 1.82) is 0 Å². The van der Waals surface area contributed by atoms with Crippen LogP contribution in [0.3, 0.4) is 0 Å². The van der Waals surface area contributed by atoms with Gasteiger partial charge < -0.3 is 28.8 Å². The summed E-state index contributed by atoms with van der Waals surface area (Å²) in [5, 5.41) is 14.0. The molecule has 0 fully saturated rings. The van der Waals surface area contributed by atoms with Crippen LogP contribution in [0.2, 0.25) is 0 Å². The number of carbonyl (C=O) groups excluding carboxylic acids is 1. The van der Waals surface area contributed by atoms with Crippen LogP contribution in [0.5, 0.6) is 0 Å². The van der Waals surface area contributed by atoms with Gasteiger partial charge in [-0.2, -0.15) is 0 Å². The minimum Gasteiger partial charge on any atom is -0.756 e. The minimum atomic E-state index is -4.60. The van der Waals surface area contributed by atoms with Crippen molar-refractivity contribution in [3.8, 4) is 0 Å².